The number of Topliss-reactive ketones (excluding diaryl/α,β-unsaturated/α-hetero) is 2. The maximum Gasteiger partial charge on any atom is 0.162 e. The fourth-order valence-electron chi connectivity index (χ4n) is 1.55. The van der Waals surface area contributed by atoms with Crippen LogP contribution < -0.4 is 0 Å². The third-order valence-electron chi connectivity index (χ3n) is 2.19. The fourth-order valence-corrected chi connectivity index (χ4v) is 1.55. The molecule has 0 spiro atoms. The van der Waals surface area contributed by atoms with Crippen LogP contribution in [-0.4, -0.2) is 24.3 Å². The highest BCUT2D eigenvalue weighted by Crippen LogP contribution is 2.29. The fraction of sp³-hybridized carbons (Fsp3) is 0.714. The van der Waals surface area contributed by atoms with Gasteiger partial charge in [0, 0.05) is 12.3 Å². The van der Waals surface area contributed by atoms with Gasteiger partial charge in [-0.1, -0.05) is 0 Å². The van der Waals surface area contributed by atoms with Crippen molar-refractivity contribution >= 4 is 11.6 Å². The zero-order valence-electron chi connectivity index (χ0n) is 5.50. The minimum atomic E-state index is -0.248. The van der Waals surface area contributed by atoms with Gasteiger partial charge in [-0.05, 0) is 6.42 Å². The smallest absolute Gasteiger partial charge is 0.162 e. The molecule has 2 fully saturated rings. The summed E-state index contributed by atoms with van der Waals surface area (Å²) in [5.41, 5.74) is 0. The van der Waals surface area contributed by atoms with E-state index in [0.29, 0.717) is 12.8 Å². The van der Waals surface area contributed by atoms with Gasteiger partial charge in [-0.15, -0.1) is 0 Å². The SMILES string of the molecule is O=C1COC2CC1CC2=O. The van der Waals surface area contributed by atoms with Crippen LogP contribution in [0.1, 0.15) is 12.8 Å². The Kier molecular flexibility index (Phi) is 1.14. The molecule has 0 aromatic heterocycles. The van der Waals surface area contributed by atoms with Crippen molar-refractivity contribution in [3.05, 3.63) is 0 Å². The molecular formula is C7H8O3. The van der Waals surface area contributed by atoms with Gasteiger partial charge in [0.1, 0.15) is 12.7 Å². The van der Waals surface area contributed by atoms with E-state index in [1.54, 1.807) is 0 Å². The van der Waals surface area contributed by atoms with E-state index < -0.39 is 0 Å². The van der Waals surface area contributed by atoms with E-state index in [0.717, 1.165) is 0 Å². The Morgan fingerprint density at radius 2 is 2.10 bits per heavy atom. The minimum absolute atomic E-state index is 0.00810. The summed E-state index contributed by atoms with van der Waals surface area (Å²) >= 11 is 0. The molecule has 2 unspecified atom stereocenters. The normalized spacial score (nSPS) is 38.8. The second kappa shape index (κ2) is 1.89. The summed E-state index contributed by atoms with van der Waals surface area (Å²) in [6.07, 6.45) is 0.809. The van der Waals surface area contributed by atoms with Gasteiger partial charge < -0.3 is 4.74 Å². The van der Waals surface area contributed by atoms with E-state index in [2.05, 4.69) is 0 Å². The summed E-state index contributed by atoms with van der Waals surface area (Å²) in [6, 6.07) is 0. The summed E-state index contributed by atoms with van der Waals surface area (Å²) < 4.78 is 4.99. The topological polar surface area (TPSA) is 43.4 Å². The van der Waals surface area contributed by atoms with Crippen molar-refractivity contribution in [2.75, 3.05) is 6.61 Å². The molecule has 1 aliphatic heterocycles. The number of ether oxygens (including phenoxy) is 1. The maximum absolute atomic E-state index is 10.9. The predicted molar refractivity (Wildman–Crippen MR) is 32.5 cm³/mol. The van der Waals surface area contributed by atoms with Gasteiger partial charge in [0.15, 0.2) is 11.6 Å². The number of ketones is 2. The van der Waals surface area contributed by atoms with Crippen LogP contribution >= 0.6 is 0 Å². The van der Waals surface area contributed by atoms with Crippen LogP contribution in [0.2, 0.25) is 0 Å². The van der Waals surface area contributed by atoms with E-state index in [-0.39, 0.29) is 30.2 Å². The molecule has 2 atom stereocenters. The van der Waals surface area contributed by atoms with Gasteiger partial charge in [-0.3, -0.25) is 9.59 Å². The Morgan fingerprint density at radius 1 is 1.30 bits per heavy atom. The maximum atomic E-state index is 10.9. The van der Waals surface area contributed by atoms with Gasteiger partial charge in [0.05, 0.1) is 0 Å². The summed E-state index contributed by atoms with van der Waals surface area (Å²) in [6.45, 7) is 0.154. The van der Waals surface area contributed by atoms with Crippen LogP contribution in [0.25, 0.3) is 0 Å². The van der Waals surface area contributed by atoms with Crippen molar-refractivity contribution in [3.8, 4) is 0 Å². The molecule has 3 heteroatoms. The molecular weight excluding hydrogens is 132 g/mol. The number of carbonyl (C=O) groups is 2. The molecule has 1 saturated carbocycles. The Bertz CT molecular complexity index is 195. The highest BCUT2D eigenvalue weighted by atomic mass is 16.5. The largest absolute Gasteiger partial charge is 0.363 e. The number of fused-ring (bicyclic) bond motifs is 2. The Hall–Kier alpha value is -0.700. The van der Waals surface area contributed by atoms with E-state index in [9.17, 15) is 9.59 Å². The van der Waals surface area contributed by atoms with Gasteiger partial charge >= 0.3 is 0 Å². The third kappa shape index (κ3) is 0.703. The lowest BCUT2D eigenvalue weighted by molar-refractivity contribution is -0.136. The monoisotopic (exact) mass is 140 g/mol. The molecule has 0 radical (unpaired) electrons. The molecule has 54 valence electrons. The van der Waals surface area contributed by atoms with Gasteiger partial charge in [0.25, 0.3) is 0 Å². The molecule has 2 aliphatic rings. The van der Waals surface area contributed by atoms with Crippen molar-refractivity contribution < 1.29 is 14.3 Å². The average molecular weight is 140 g/mol. The van der Waals surface area contributed by atoms with Crippen molar-refractivity contribution in [1.29, 1.82) is 0 Å². The highest BCUT2D eigenvalue weighted by molar-refractivity contribution is 5.96. The quantitative estimate of drug-likeness (QED) is 0.473. The number of carbonyl (C=O) groups excluding carboxylic acids is 2. The average Bonchev–Trinajstić information content (AvgIpc) is 2.21. The van der Waals surface area contributed by atoms with Crippen molar-refractivity contribution in [1.82, 2.24) is 0 Å². The third-order valence-corrected chi connectivity index (χ3v) is 2.19. The van der Waals surface area contributed by atoms with Crippen LogP contribution in [0.15, 0.2) is 0 Å². The highest BCUT2D eigenvalue weighted by Gasteiger charge is 2.41. The Morgan fingerprint density at radius 3 is 2.80 bits per heavy atom. The molecule has 0 aromatic carbocycles. The van der Waals surface area contributed by atoms with E-state index in [4.69, 9.17) is 4.74 Å². The number of rotatable bonds is 0. The van der Waals surface area contributed by atoms with Crippen LogP contribution in [-0.2, 0) is 14.3 Å². The standard InChI is InChI=1S/C7H8O3/c8-5-1-4-2-7(5)10-3-6(4)9/h4,7H,1-3H2. The van der Waals surface area contributed by atoms with Crippen molar-refractivity contribution in [2.24, 2.45) is 5.92 Å². The van der Waals surface area contributed by atoms with Crippen LogP contribution in [0.3, 0.4) is 0 Å². The molecule has 1 heterocycles. The molecule has 3 nitrogen and oxygen atoms in total. The van der Waals surface area contributed by atoms with Gasteiger partial charge in [0.2, 0.25) is 0 Å². The van der Waals surface area contributed by atoms with Crippen LogP contribution in [0.5, 0.6) is 0 Å². The second-order valence-electron chi connectivity index (χ2n) is 2.87. The first kappa shape index (κ1) is 6.04. The molecule has 1 saturated heterocycles. The molecule has 0 aromatic rings. The minimum Gasteiger partial charge on any atom is -0.363 e. The molecule has 10 heavy (non-hydrogen) atoms. The van der Waals surface area contributed by atoms with Crippen LogP contribution in [0, 0.1) is 5.92 Å². The first-order chi connectivity index (χ1) is 4.77. The molecule has 2 bridgehead atoms. The first-order valence-corrected chi connectivity index (χ1v) is 3.44. The summed E-state index contributed by atoms with van der Waals surface area (Å²) in [5, 5.41) is 0. The van der Waals surface area contributed by atoms with E-state index in [1.165, 1.54) is 0 Å². The molecule has 0 N–H and O–H groups in total. The Balaban J connectivity index is 2.22. The molecule has 0 amide bonds. The lowest BCUT2D eigenvalue weighted by Crippen LogP contribution is -2.28. The Labute approximate surface area is 58.4 Å². The van der Waals surface area contributed by atoms with Crippen molar-refractivity contribution in [3.63, 3.8) is 0 Å². The van der Waals surface area contributed by atoms with Crippen LogP contribution in [0.4, 0.5) is 0 Å². The molecule has 1 aliphatic carbocycles. The van der Waals surface area contributed by atoms with E-state index in [1.807, 2.05) is 0 Å². The number of hydrogen-bond donors (Lipinski definition) is 0. The van der Waals surface area contributed by atoms with E-state index >= 15 is 0 Å². The zero-order valence-corrected chi connectivity index (χ0v) is 5.50. The predicted octanol–water partition coefficient (Wildman–Crippen LogP) is -0.0666. The second-order valence-corrected chi connectivity index (χ2v) is 2.87. The zero-order chi connectivity index (χ0) is 7.14. The summed E-state index contributed by atoms with van der Waals surface area (Å²) in [4.78, 5) is 21.8. The lowest BCUT2D eigenvalue weighted by Gasteiger charge is -2.15. The van der Waals surface area contributed by atoms with Gasteiger partial charge in [-0.2, -0.15) is 0 Å². The molecule has 2 rings (SSSR count). The van der Waals surface area contributed by atoms with Crippen molar-refractivity contribution in [2.45, 2.75) is 18.9 Å². The van der Waals surface area contributed by atoms with Gasteiger partial charge in [-0.25, -0.2) is 0 Å². The lowest BCUT2D eigenvalue weighted by atomic mass is 10.0. The summed E-state index contributed by atoms with van der Waals surface area (Å²) in [7, 11) is 0. The first-order valence-electron chi connectivity index (χ1n) is 3.44. The summed E-state index contributed by atoms with van der Waals surface area (Å²) in [5.74, 6) is 0.198. The number of hydrogen-bond acceptors (Lipinski definition) is 3.